The number of rotatable bonds is 4. The number of aromatic carboxylic acids is 1. The number of esters is 1. The first-order chi connectivity index (χ1) is 9.50. The highest BCUT2D eigenvalue weighted by atomic mass is 16.5. The van der Waals surface area contributed by atoms with Gasteiger partial charge in [-0.2, -0.15) is 0 Å². The molecule has 0 aliphatic rings. The monoisotopic (exact) mass is 273 g/mol. The molecule has 0 atom stereocenters. The van der Waals surface area contributed by atoms with Crippen LogP contribution in [0.1, 0.15) is 37.7 Å². The zero-order valence-corrected chi connectivity index (χ0v) is 11.3. The van der Waals surface area contributed by atoms with Gasteiger partial charge < -0.3 is 14.8 Å². The summed E-state index contributed by atoms with van der Waals surface area (Å²) in [7, 11) is 0. The van der Waals surface area contributed by atoms with Crippen molar-refractivity contribution >= 4 is 11.9 Å². The standard InChI is InChI=1S/C15H15NO4/c1-9-10(2)13(16-12(9)14(17)18)15(19)20-8-11-6-4-3-5-7-11/h3-7,16H,8H2,1-2H3,(H,17,18). The van der Waals surface area contributed by atoms with Gasteiger partial charge in [-0.15, -0.1) is 0 Å². The van der Waals surface area contributed by atoms with Crippen LogP contribution in [-0.2, 0) is 11.3 Å². The minimum absolute atomic E-state index is 0.0224. The number of ether oxygens (including phenoxy) is 1. The molecule has 1 heterocycles. The molecule has 0 saturated carbocycles. The van der Waals surface area contributed by atoms with Crippen LogP contribution in [0.4, 0.5) is 0 Å². The lowest BCUT2D eigenvalue weighted by atomic mass is 10.1. The highest BCUT2D eigenvalue weighted by Crippen LogP contribution is 2.18. The smallest absolute Gasteiger partial charge is 0.355 e. The lowest BCUT2D eigenvalue weighted by molar-refractivity contribution is 0.0465. The van der Waals surface area contributed by atoms with Crippen LogP contribution in [-0.4, -0.2) is 22.0 Å². The summed E-state index contributed by atoms with van der Waals surface area (Å²) in [5.41, 5.74) is 2.23. The predicted molar refractivity (Wildman–Crippen MR) is 72.8 cm³/mol. The molecular formula is C15H15NO4. The molecule has 20 heavy (non-hydrogen) atoms. The van der Waals surface area contributed by atoms with E-state index in [4.69, 9.17) is 9.84 Å². The van der Waals surface area contributed by atoms with E-state index in [1.165, 1.54) is 0 Å². The Labute approximate surface area is 116 Å². The molecule has 0 unspecified atom stereocenters. The van der Waals surface area contributed by atoms with Crippen molar-refractivity contribution in [3.63, 3.8) is 0 Å². The van der Waals surface area contributed by atoms with E-state index in [9.17, 15) is 9.59 Å². The number of hydrogen-bond donors (Lipinski definition) is 2. The third kappa shape index (κ3) is 2.71. The Hall–Kier alpha value is -2.56. The van der Waals surface area contributed by atoms with Gasteiger partial charge in [0, 0.05) is 0 Å². The zero-order chi connectivity index (χ0) is 14.7. The van der Waals surface area contributed by atoms with Gasteiger partial charge in [0.25, 0.3) is 0 Å². The summed E-state index contributed by atoms with van der Waals surface area (Å²) in [6.45, 7) is 3.50. The number of benzene rings is 1. The molecule has 1 aromatic carbocycles. The molecule has 0 aliphatic heterocycles. The highest BCUT2D eigenvalue weighted by Gasteiger charge is 2.21. The first kappa shape index (κ1) is 13.9. The summed E-state index contributed by atoms with van der Waals surface area (Å²) in [5.74, 6) is -1.64. The Balaban J connectivity index is 2.14. The number of carbonyl (C=O) groups excluding carboxylic acids is 1. The van der Waals surface area contributed by atoms with Crippen molar-refractivity contribution in [1.29, 1.82) is 0 Å². The average Bonchev–Trinajstić information content (AvgIpc) is 2.74. The van der Waals surface area contributed by atoms with Crippen LogP contribution in [0.15, 0.2) is 30.3 Å². The van der Waals surface area contributed by atoms with Crippen LogP contribution in [0.5, 0.6) is 0 Å². The van der Waals surface area contributed by atoms with E-state index >= 15 is 0 Å². The number of carbonyl (C=O) groups is 2. The van der Waals surface area contributed by atoms with Gasteiger partial charge in [-0.05, 0) is 30.5 Å². The van der Waals surface area contributed by atoms with E-state index in [0.717, 1.165) is 5.56 Å². The molecule has 2 aromatic rings. The van der Waals surface area contributed by atoms with Gasteiger partial charge in [-0.1, -0.05) is 30.3 Å². The summed E-state index contributed by atoms with van der Waals surface area (Å²) in [6, 6.07) is 9.29. The Morgan fingerprint density at radius 1 is 1.10 bits per heavy atom. The topological polar surface area (TPSA) is 79.4 Å². The molecule has 5 heteroatoms. The van der Waals surface area contributed by atoms with Crippen LogP contribution in [0.3, 0.4) is 0 Å². The first-order valence-electron chi connectivity index (χ1n) is 6.14. The van der Waals surface area contributed by atoms with Crippen LogP contribution in [0.2, 0.25) is 0 Å². The molecule has 0 saturated heterocycles. The number of carboxylic acids is 1. The lowest BCUT2D eigenvalue weighted by Gasteiger charge is -2.04. The van der Waals surface area contributed by atoms with Gasteiger partial charge in [0.15, 0.2) is 0 Å². The van der Waals surface area contributed by atoms with Gasteiger partial charge in [0.1, 0.15) is 18.0 Å². The van der Waals surface area contributed by atoms with Crippen molar-refractivity contribution in [2.24, 2.45) is 0 Å². The molecule has 0 fully saturated rings. The molecule has 0 amide bonds. The van der Waals surface area contributed by atoms with Crippen LogP contribution < -0.4 is 0 Å². The van der Waals surface area contributed by atoms with Crippen molar-refractivity contribution in [2.75, 3.05) is 0 Å². The molecule has 5 nitrogen and oxygen atoms in total. The lowest BCUT2D eigenvalue weighted by Crippen LogP contribution is -2.08. The average molecular weight is 273 g/mol. The molecular weight excluding hydrogens is 258 g/mol. The third-order valence-electron chi connectivity index (χ3n) is 3.19. The summed E-state index contributed by atoms with van der Waals surface area (Å²) in [4.78, 5) is 25.6. The van der Waals surface area contributed by atoms with Gasteiger partial charge in [-0.25, -0.2) is 9.59 Å². The van der Waals surface area contributed by atoms with Crippen molar-refractivity contribution in [3.05, 3.63) is 58.4 Å². The van der Waals surface area contributed by atoms with Crippen molar-refractivity contribution < 1.29 is 19.4 Å². The molecule has 0 spiro atoms. The Morgan fingerprint density at radius 2 is 1.70 bits per heavy atom. The van der Waals surface area contributed by atoms with E-state index in [-0.39, 0.29) is 18.0 Å². The van der Waals surface area contributed by atoms with E-state index in [1.807, 2.05) is 30.3 Å². The van der Waals surface area contributed by atoms with Crippen LogP contribution in [0.25, 0.3) is 0 Å². The maximum atomic E-state index is 12.0. The number of aromatic nitrogens is 1. The third-order valence-corrected chi connectivity index (χ3v) is 3.19. The zero-order valence-electron chi connectivity index (χ0n) is 11.3. The Morgan fingerprint density at radius 3 is 2.25 bits per heavy atom. The molecule has 0 aliphatic carbocycles. The fourth-order valence-corrected chi connectivity index (χ4v) is 1.90. The maximum absolute atomic E-state index is 12.0. The van der Waals surface area contributed by atoms with Gasteiger partial charge in [-0.3, -0.25) is 0 Å². The summed E-state index contributed by atoms with van der Waals surface area (Å²) < 4.78 is 5.18. The quantitative estimate of drug-likeness (QED) is 0.839. The first-order valence-corrected chi connectivity index (χ1v) is 6.14. The van der Waals surface area contributed by atoms with Gasteiger partial charge in [0.05, 0.1) is 0 Å². The number of carboxylic acid groups (broad SMARTS) is 1. The molecule has 1 aromatic heterocycles. The Bertz CT molecular complexity index is 643. The predicted octanol–water partition coefficient (Wildman–Crippen LogP) is 2.69. The Kier molecular flexibility index (Phi) is 3.89. The number of hydrogen-bond acceptors (Lipinski definition) is 3. The maximum Gasteiger partial charge on any atom is 0.355 e. The fraction of sp³-hybridized carbons (Fsp3) is 0.200. The molecule has 0 radical (unpaired) electrons. The molecule has 2 rings (SSSR count). The van der Waals surface area contributed by atoms with Crippen LogP contribution in [0, 0.1) is 13.8 Å². The minimum Gasteiger partial charge on any atom is -0.477 e. The van der Waals surface area contributed by atoms with Gasteiger partial charge >= 0.3 is 11.9 Å². The number of nitrogens with one attached hydrogen (secondary N) is 1. The van der Waals surface area contributed by atoms with Crippen molar-refractivity contribution in [2.45, 2.75) is 20.5 Å². The molecule has 2 N–H and O–H groups in total. The highest BCUT2D eigenvalue weighted by molar-refractivity contribution is 5.95. The number of aromatic amines is 1. The SMILES string of the molecule is Cc1c(C(=O)O)[nH]c(C(=O)OCc2ccccc2)c1C. The normalized spacial score (nSPS) is 10.3. The van der Waals surface area contributed by atoms with E-state index < -0.39 is 11.9 Å². The largest absolute Gasteiger partial charge is 0.477 e. The van der Waals surface area contributed by atoms with Crippen LogP contribution >= 0.6 is 0 Å². The summed E-state index contributed by atoms with van der Waals surface area (Å²) >= 11 is 0. The second-order valence-corrected chi connectivity index (χ2v) is 4.49. The second-order valence-electron chi connectivity index (χ2n) is 4.49. The molecule has 104 valence electrons. The number of H-pyrrole nitrogens is 1. The molecule has 0 bridgehead atoms. The van der Waals surface area contributed by atoms with Crippen molar-refractivity contribution in [3.8, 4) is 0 Å². The van der Waals surface area contributed by atoms with E-state index in [1.54, 1.807) is 13.8 Å². The van der Waals surface area contributed by atoms with Gasteiger partial charge in [0.2, 0.25) is 0 Å². The fourth-order valence-electron chi connectivity index (χ4n) is 1.90. The second kappa shape index (κ2) is 5.61. The van der Waals surface area contributed by atoms with E-state index in [2.05, 4.69) is 4.98 Å². The summed E-state index contributed by atoms with van der Waals surface area (Å²) in [6.07, 6.45) is 0. The van der Waals surface area contributed by atoms with Crippen molar-refractivity contribution in [1.82, 2.24) is 4.98 Å². The minimum atomic E-state index is -1.09. The summed E-state index contributed by atoms with van der Waals surface area (Å²) in [5, 5.41) is 9.01. The van der Waals surface area contributed by atoms with E-state index in [0.29, 0.717) is 11.1 Å².